The van der Waals surface area contributed by atoms with Crippen molar-refractivity contribution in [2.24, 2.45) is 0 Å². The second-order valence-corrected chi connectivity index (χ2v) is 5.74. The molecule has 0 saturated heterocycles. The lowest BCUT2D eigenvalue weighted by molar-refractivity contribution is 0.495. The standard InChI is InChI=1S/C15H11BrF3N/c16-9-2-3-10-8(5-9)1-4-14(10)20-15-7-12(18)11(17)6-13(15)19/h2-3,5-7,14,20H,1,4H2. The van der Waals surface area contributed by atoms with Gasteiger partial charge in [0.15, 0.2) is 11.6 Å². The van der Waals surface area contributed by atoms with Gasteiger partial charge in [0, 0.05) is 16.6 Å². The number of aryl methyl sites for hydroxylation is 1. The van der Waals surface area contributed by atoms with E-state index in [0.29, 0.717) is 6.07 Å². The lowest BCUT2D eigenvalue weighted by Gasteiger charge is -2.16. The number of nitrogens with one attached hydrogen (secondary N) is 1. The molecule has 5 heteroatoms. The normalized spacial score (nSPS) is 17.1. The molecule has 104 valence electrons. The zero-order valence-corrected chi connectivity index (χ0v) is 12.0. The van der Waals surface area contributed by atoms with E-state index in [1.54, 1.807) is 0 Å². The van der Waals surface area contributed by atoms with E-state index in [2.05, 4.69) is 21.2 Å². The zero-order valence-electron chi connectivity index (χ0n) is 10.4. The number of hydrogen-bond donors (Lipinski definition) is 1. The van der Waals surface area contributed by atoms with Crippen LogP contribution in [0.5, 0.6) is 0 Å². The molecule has 0 spiro atoms. The van der Waals surface area contributed by atoms with Gasteiger partial charge in [-0.25, -0.2) is 13.2 Å². The molecule has 2 aromatic carbocycles. The summed E-state index contributed by atoms with van der Waals surface area (Å²) in [5.74, 6) is -3.01. The van der Waals surface area contributed by atoms with Crippen LogP contribution in [0.1, 0.15) is 23.6 Å². The molecule has 0 heterocycles. The van der Waals surface area contributed by atoms with Crippen molar-refractivity contribution in [3.8, 4) is 0 Å². The molecule has 0 radical (unpaired) electrons. The summed E-state index contributed by atoms with van der Waals surface area (Å²) < 4.78 is 40.7. The van der Waals surface area contributed by atoms with Crippen LogP contribution in [0.2, 0.25) is 0 Å². The number of halogens is 4. The summed E-state index contributed by atoms with van der Waals surface area (Å²) in [6, 6.07) is 7.25. The molecule has 2 aromatic rings. The van der Waals surface area contributed by atoms with Gasteiger partial charge in [-0.2, -0.15) is 0 Å². The first-order valence-corrected chi connectivity index (χ1v) is 7.03. The number of anilines is 1. The molecule has 0 aliphatic heterocycles. The third kappa shape index (κ3) is 2.42. The fourth-order valence-corrected chi connectivity index (χ4v) is 2.97. The van der Waals surface area contributed by atoms with Crippen molar-refractivity contribution in [2.75, 3.05) is 5.32 Å². The molecule has 1 unspecified atom stereocenters. The summed E-state index contributed by atoms with van der Waals surface area (Å²) in [4.78, 5) is 0. The second-order valence-electron chi connectivity index (χ2n) is 4.82. The van der Waals surface area contributed by atoms with Gasteiger partial charge >= 0.3 is 0 Å². The van der Waals surface area contributed by atoms with Gasteiger partial charge in [0.1, 0.15) is 5.82 Å². The van der Waals surface area contributed by atoms with E-state index >= 15 is 0 Å². The maximum absolute atomic E-state index is 13.6. The van der Waals surface area contributed by atoms with Gasteiger partial charge in [0.25, 0.3) is 0 Å². The number of rotatable bonds is 2. The van der Waals surface area contributed by atoms with Crippen molar-refractivity contribution in [1.82, 2.24) is 0 Å². The highest BCUT2D eigenvalue weighted by Gasteiger charge is 2.23. The summed E-state index contributed by atoms with van der Waals surface area (Å²) in [6.07, 6.45) is 1.67. The molecule has 0 bridgehead atoms. The molecule has 0 aromatic heterocycles. The van der Waals surface area contributed by atoms with Crippen LogP contribution in [0.25, 0.3) is 0 Å². The Morgan fingerprint density at radius 2 is 1.75 bits per heavy atom. The minimum Gasteiger partial charge on any atom is -0.376 e. The van der Waals surface area contributed by atoms with Crippen LogP contribution in [0.15, 0.2) is 34.8 Å². The number of hydrogen-bond acceptors (Lipinski definition) is 1. The first-order valence-electron chi connectivity index (χ1n) is 6.24. The van der Waals surface area contributed by atoms with Gasteiger partial charge in [0.2, 0.25) is 0 Å². The summed E-state index contributed by atoms with van der Waals surface area (Å²) >= 11 is 3.41. The smallest absolute Gasteiger partial charge is 0.161 e. The van der Waals surface area contributed by atoms with Crippen molar-refractivity contribution >= 4 is 21.6 Å². The zero-order chi connectivity index (χ0) is 14.3. The second kappa shape index (κ2) is 5.13. The van der Waals surface area contributed by atoms with Gasteiger partial charge < -0.3 is 5.32 Å². The first kappa shape index (κ1) is 13.5. The van der Waals surface area contributed by atoms with Gasteiger partial charge in [-0.15, -0.1) is 0 Å². The topological polar surface area (TPSA) is 12.0 Å². The van der Waals surface area contributed by atoms with Crippen LogP contribution in [-0.4, -0.2) is 0 Å². The monoisotopic (exact) mass is 341 g/mol. The highest BCUT2D eigenvalue weighted by Crippen LogP contribution is 2.36. The molecular formula is C15H11BrF3N. The SMILES string of the molecule is Fc1cc(F)c(NC2CCc3cc(Br)ccc32)cc1F. The van der Waals surface area contributed by atoms with Gasteiger partial charge in [-0.1, -0.05) is 22.0 Å². The van der Waals surface area contributed by atoms with Gasteiger partial charge in [-0.05, 0) is 36.1 Å². The molecule has 1 nitrogen and oxygen atoms in total. The largest absolute Gasteiger partial charge is 0.376 e. The third-order valence-corrected chi connectivity index (χ3v) is 4.02. The Balaban J connectivity index is 1.89. The fraction of sp³-hybridized carbons (Fsp3) is 0.200. The van der Waals surface area contributed by atoms with Crippen molar-refractivity contribution in [3.63, 3.8) is 0 Å². The van der Waals surface area contributed by atoms with Crippen LogP contribution < -0.4 is 5.32 Å². The minimum absolute atomic E-state index is 0.00957. The highest BCUT2D eigenvalue weighted by molar-refractivity contribution is 9.10. The maximum atomic E-state index is 13.6. The van der Waals surface area contributed by atoms with Crippen LogP contribution in [0.3, 0.4) is 0 Å². The van der Waals surface area contributed by atoms with Crippen LogP contribution >= 0.6 is 15.9 Å². The quantitative estimate of drug-likeness (QED) is 0.760. The molecule has 1 aliphatic carbocycles. The van der Waals surface area contributed by atoms with Crippen molar-refractivity contribution in [3.05, 3.63) is 63.4 Å². The van der Waals surface area contributed by atoms with E-state index in [4.69, 9.17) is 0 Å². The van der Waals surface area contributed by atoms with Crippen molar-refractivity contribution in [2.45, 2.75) is 18.9 Å². The Labute approximate surface area is 122 Å². The first-order chi connectivity index (χ1) is 9.54. The number of benzene rings is 2. The Morgan fingerprint density at radius 3 is 2.55 bits per heavy atom. The molecule has 1 atom stereocenters. The summed E-state index contributed by atoms with van der Waals surface area (Å²) in [5, 5.41) is 2.96. The van der Waals surface area contributed by atoms with Crippen LogP contribution in [0.4, 0.5) is 18.9 Å². The maximum Gasteiger partial charge on any atom is 0.161 e. The van der Waals surface area contributed by atoms with E-state index < -0.39 is 17.5 Å². The Morgan fingerprint density at radius 1 is 1.00 bits per heavy atom. The predicted octanol–water partition coefficient (Wildman–Crippen LogP) is 4.97. The molecule has 20 heavy (non-hydrogen) atoms. The fourth-order valence-electron chi connectivity index (χ4n) is 2.56. The summed E-state index contributed by atoms with van der Waals surface area (Å²) in [6.45, 7) is 0. The highest BCUT2D eigenvalue weighted by atomic mass is 79.9. The average molecular weight is 342 g/mol. The lowest BCUT2D eigenvalue weighted by atomic mass is 10.1. The Kier molecular flexibility index (Phi) is 3.46. The molecule has 0 amide bonds. The van der Waals surface area contributed by atoms with E-state index in [9.17, 15) is 13.2 Å². The minimum atomic E-state index is -1.18. The van der Waals surface area contributed by atoms with Gasteiger partial charge in [-0.3, -0.25) is 0 Å². The van der Waals surface area contributed by atoms with Crippen molar-refractivity contribution < 1.29 is 13.2 Å². The molecule has 1 N–H and O–H groups in total. The molecule has 3 rings (SSSR count). The van der Waals surface area contributed by atoms with Crippen molar-refractivity contribution in [1.29, 1.82) is 0 Å². The summed E-state index contributed by atoms with van der Waals surface area (Å²) in [7, 11) is 0. The van der Waals surface area contributed by atoms with E-state index in [1.807, 2.05) is 18.2 Å². The predicted molar refractivity (Wildman–Crippen MR) is 75.1 cm³/mol. The van der Waals surface area contributed by atoms with E-state index in [0.717, 1.165) is 28.9 Å². The Hall–Kier alpha value is -1.49. The number of fused-ring (bicyclic) bond motifs is 1. The molecule has 0 fully saturated rings. The molecule has 1 aliphatic rings. The average Bonchev–Trinajstić information content (AvgIpc) is 2.78. The van der Waals surface area contributed by atoms with Crippen LogP contribution in [-0.2, 0) is 6.42 Å². The molecule has 0 saturated carbocycles. The Bertz CT molecular complexity index is 672. The van der Waals surface area contributed by atoms with Gasteiger partial charge in [0.05, 0.1) is 11.7 Å². The lowest BCUT2D eigenvalue weighted by Crippen LogP contribution is -2.09. The summed E-state index contributed by atoms with van der Waals surface area (Å²) in [5.41, 5.74) is 2.24. The molecular weight excluding hydrogens is 331 g/mol. The third-order valence-electron chi connectivity index (χ3n) is 3.52. The van der Waals surface area contributed by atoms with Crippen LogP contribution in [0, 0.1) is 17.5 Å². The van der Waals surface area contributed by atoms with E-state index in [-0.39, 0.29) is 11.7 Å². The van der Waals surface area contributed by atoms with E-state index in [1.165, 1.54) is 5.56 Å².